The Morgan fingerprint density at radius 3 is 2.54 bits per heavy atom. The molecule has 3 rings (SSSR count). The number of carbonyl (C=O) groups excluding carboxylic acids is 1. The topological polar surface area (TPSA) is 29.5 Å². The average molecular weight is 358 g/mol. The first-order valence-corrected chi connectivity index (χ1v) is 8.67. The molecule has 5 heteroatoms. The van der Waals surface area contributed by atoms with Crippen LogP contribution in [0.4, 0.5) is 5.69 Å². The van der Waals surface area contributed by atoms with E-state index in [2.05, 4.69) is 0 Å². The molecule has 3 nitrogen and oxygen atoms in total. The Labute approximate surface area is 150 Å². The quantitative estimate of drug-likeness (QED) is 0.623. The molecule has 0 saturated heterocycles. The van der Waals surface area contributed by atoms with E-state index in [-0.39, 0.29) is 5.91 Å². The van der Waals surface area contributed by atoms with E-state index in [0.717, 1.165) is 16.3 Å². The van der Waals surface area contributed by atoms with E-state index >= 15 is 0 Å². The van der Waals surface area contributed by atoms with E-state index < -0.39 is 0 Å². The van der Waals surface area contributed by atoms with Crippen LogP contribution < -0.4 is 9.64 Å². The van der Waals surface area contributed by atoms with Gasteiger partial charge in [-0.05, 0) is 53.9 Å². The smallest absolute Gasteiger partial charge is 0.258 e. The fourth-order valence-electron chi connectivity index (χ4n) is 2.37. The van der Waals surface area contributed by atoms with Gasteiger partial charge in [0.15, 0.2) is 0 Å². The molecule has 0 saturated carbocycles. The van der Waals surface area contributed by atoms with Gasteiger partial charge < -0.3 is 9.64 Å². The first kappa shape index (κ1) is 16.6. The molecule has 122 valence electrons. The fourth-order valence-corrected chi connectivity index (χ4v) is 3.25. The van der Waals surface area contributed by atoms with Crippen LogP contribution in [0.3, 0.4) is 0 Å². The molecule has 0 atom stereocenters. The van der Waals surface area contributed by atoms with Gasteiger partial charge in [-0.2, -0.15) is 0 Å². The molecule has 3 aromatic rings. The molecule has 24 heavy (non-hydrogen) atoms. The fraction of sp³-hybridized carbons (Fsp3) is 0.105. The Balaban J connectivity index is 1.94. The van der Waals surface area contributed by atoms with Crippen molar-refractivity contribution in [1.82, 2.24) is 0 Å². The second-order valence-electron chi connectivity index (χ2n) is 5.18. The van der Waals surface area contributed by atoms with E-state index in [1.165, 1.54) is 0 Å². The Kier molecular flexibility index (Phi) is 5.18. The second kappa shape index (κ2) is 7.51. The summed E-state index contributed by atoms with van der Waals surface area (Å²) in [6.45, 7) is 0.503. The van der Waals surface area contributed by atoms with Gasteiger partial charge in [-0.3, -0.25) is 4.79 Å². The number of halogens is 1. The van der Waals surface area contributed by atoms with Crippen LogP contribution in [0.25, 0.3) is 0 Å². The van der Waals surface area contributed by atoms with E-state index in [1.54, 1.807) is 59.7 Å². The van der Waals surface area contributed by atoms with Gasteiger partial charge in [0.1, 0.15) is 5.75 Å². The predicted octanol–water partition coefficient (Wildman–Crippen LogP) is 5.26. The normalized spacial score (nSPS) is 10.4. The molecular weight excluding hydrogens is 342 g/mol. The van der Waals surface area contributed by atoms with Crippen molar-refractivity contribution in [2.24, 2.45) is 0 Å². The van der Waals surface area contributed by atoms with E-state index in [0.29, 0.717) is 17.1 Å². The summed E-state index contributed by atoms with van der Waals surface area (Å²) in [7, 11) is 1.60. The zero-order valence-electron chi connectivity index (χ0n) is 13.1. The summed E-state index contributed by atoms with van der Waals surface area (Å²) in [5.74, 6) is 0.646. The molecule has 1 amide bonds. The Morgan fingerprint density at radius 1 is 1.12 bits per heavy atom. The van der Waals surface area contributed by atoms with Crippen LogP contribution in [0, 0.1) is 0 Å². The number of ether oxygens (including phenoxy) is 1. The van der Waals surface area contributed by atoms with Gasteiger partial charge in [-0.1, -0.05) is 23.7 Å². The third kappa shape index (κ3) is 3.78. The number of benzene rings is 2. The number of thiophene rings is 1. The zero-order valence-corrected chi connectivity index (χ0v) is 14.7. The predicted molar refractivity (Wildman–Crippen MR) is 99.3 cm³/mol. The maximum atomic E-state index is 13.0. The molecule has 0 bridgehead atoms. The van der Waals surface area contributed by atoms with Crippen molar-refractivity contribution in [3.63, 3.8) is 0 Å². The summed E-state index contributed by atoms with van der Waals surface area (Å²) >= 11 is 7.73. The molecule has 0 spiro atoms. The molecule has 0 aliphatic rings. The molecular formula is C19H16ClNO2S. The third-order valence-electron chi connectivity index (χ3n) is 3.60. The second-order valence-corrected chi connectivity index (χ2v) is 6.65. The average Bonchev–Trinajstić information content (AvgIpc) is 3.12. The van der Waals surface area contributed by atoms with Gasteiger partial charge in [0.2, 0.25) is 0 Å². The number of methoxy groups -OCH3 is 1. The summed E-state index contributed by atoms with van der Waals surface area (Å²) in [5.41, 5.74) is 1.38. The van der Waals surface area contributed by atoms with Gasteiger partial charge >= 0.3 is 0 Å². The molecule has 1 aromatic heterocycles. The van der Waals surface area contributed by atoms with Crippen molar-refractivity contribution >= 4 is 34.5 Å². The van der Waals surface area contributed by atoms with Crippen LogP contribution in [0.1, 0.15) is 15.2 Å². The first-order chi connectivity index (χ1) is 11.7. The minimum atomic E-state index is -0.0756. The van der Waals surface area contributed by atoms with Crippen LogP contribution in [-0.4, -0.2) is 13.0 Å². The van der Waals surface area contributed by atoms with Crippen LogP contribution in [0.5, 0.6) is 5.75 Å². The largest absolute Gasteiger partial charge is 0.497 e. The SMILES string of the molecule is COc1ccc(C(=O)N(Cc2cccs2)c2cccc(Cl)c2)cc1. The van der Waals surface area contributed by atoms with Gasteiger partial charge in [0.25, 0.3) is 5.91 Å². The maximum absolute atomic E-state index is 13.0. The molecule has 2 aromatic carbocycles. The minimum absolute atomic E-state index is 0.0756. The number of hydrogen-bond acceptors (Lipinski definition) is 3. The molecule has 0 aliphatic heterocycles. The summed E-state index contributed by atoms with van der Waals surface area (Å²) < 4.78 is 5.15. The van der Waals surface area contributed by atoms with E-state index in [4.69, 9.17) is 16.3 Å². The van der Waals surface area contributed by atoms with Crippen molar-refractivity contribution in [2.75, 3.05) is 12.0 Å². The number of rotatable bonds is 5. The van der Waals surface area contributed by atoms with Crippen molar-refractivity contribution < 1.29 is 9.53 Å². The van der Waals surface area contributed by atoms with Crippen molar-refractivity contribution in [3.8, 4) is 5.75 Å². The summed E-state index contributed by atoms with van der Waals surface area (Å²) in [6, 6.07) is 18.4. The molecule has 0 unspecified atom stereocenters. The van der Waals surface area contributed by atoms with Gasteiger partial charge in [0, 0.05) is 21.2 Å². The van der Waals surface area contributed by atoms with Gasteiger partial charge in [-0.15, -0.1) is 11.3 Å². The summed E-state index contributed by atoms with van der Waals surface area (Å²) in [5, 5.41) is 2.61. The van der Waals surface area contributed by atoms with Crippen LogP contribution in [-0.2, 0) is 6.54 Å². The van der Waals surface area contributed by atoms with Gasteiger partial charge in [-0.25, -0.2) is 0 Å². The van der Waals surface area contributed by atoms with Crippen LogP contribution in [0.2, 0.25) is 5.02 Å². The zero-order chi connectivity index (χ0) is 16.9. The van der Waals surface area contributed by atoms with E-state index in [9.17, 15) is 4.79 Å². The van der Waals surface area contributed by atoms with Gasteiger partial charge in [0.05, 0.1) is 13.7 Å². The lowest BCUT2D eigenvalue weighted by Gasteiger charge is -2.23. The highest BCUT2D eigenvalue weighted by Gasteiger charge is 2.19. The number of hydrogen-bond donors (Lipinski definition) is 0. The Morgan fingerprint density at radius 2 is 1.92 bits per heavy atom. The first-order valence-electron chi connectivity index (χ1n) is 7.41. The highest BCUT2D eigenvalue weighted by molar-refractivity contribution is 7.09. The summed E-state index contributed by atoms with van der Waals surface area (Å²) in [4.78, 5) is 15.9. The standard InChI is InChI=1S/C19H16ClNO2S/c1-23-17-9-7-14(8-10-17)19(22)21(13-18-6-3-11-24-18)16-5-2-4-15(20)12-16/h2-12H,13H2,1H3. The number of carbonyl (C=O) groups is 1. The van der Waals surface area contributed by atoms with Crippen molar-refractivity contribution in [2.45, 2.75) is 6.54 Å². The summed E-state index contributed by atoms with van der Waals surface area (Å²) in [6.07, 6.45) is 0. The molecule has 1 heterocycles. The van der Waals surface area contributed by atoms with Crippen LogP contribution >= 0.6 is 22.9 Å². The van der Waals surface area contributed by atoms with Crippen molar-refractivity contribution in [1.29, 1.82) is 0 Å². The highest BCUT2D eigenvalue weighted by atomic mass is 35.5. The lowest BCUT2D eigenvalue weighted by Crippen LogP contribution is -2.30. The third-order valence-corrected chi connectivity index (χ3v) is 4.69. The highest BCUT2D eigenvalue weighted by Crippen LogP contribution is 2.25. The number of nitrogens with zero attached hydrogens (tertiary/aromatic N) is 1. The molecule has 0 radical (unpaired) electrons. The molecule has 0 aliphatic carbocycles. The molecule has 0 fully saturated rings. The van der Waals surface area contributed by atoms with E-state index in [1.807, 2.05) is 29.6 Å². The molecule has 0 N–H and O–H groups in total. The Hall–Kier alpha value is -2.30. The number of amides is 1. The Bertz CT molecular complexity index is 816. The maximum Gasteiger partial charge on any atom is 0.258 e. The minimum Gasteiger partial charge on any atom is -0.497 e. The van der Waals surface area contributed by atoms with Crippen molar-refractivity contribution in [3.05, 3.63) is 81.5 Å². The lowest BCUT2D eigenvalue weighted by atomic mass is 10.1. The lowest BCUT2D eigenvalue weighted by molar-refractivity contribution is 0.0985. The monoisotopic (exact) mass is 357 g/mol. The van der Waals surface area contributed by atoms with Crippen LogP contribution in [0.15, 0.2) is 66.0 Å². The number of anilines is 1.